The van der Waals surface area contributed by atoms with Gasteiger partial charge in [-0.3, -0.25) is 0 Å². The van der Waals surface area contributed by atoms with Crippen LogP contribution in [0.15, 0.2) is 17.4 Å². The van der Waals surface area contributed by atoms with Crippen LogP contribution in [0.5, 0.6) is 0 Å². The maximum Gasteiger partial charge on any atom is 0.328 e. The second-order valence-electron chi connectivity index (χ2n) is 1.82. The van der Waals surface area contributed by atoms with Gasteiger partial charge < -0.3 is 10.1 Å². The highest BCUT2D eigenvalue weighted by Gasteiger charge is 1.92. The van der Waals surface area contributed by atoms with E-state index in [1.54, 1.807) is 6.20 Å². The molecule has 0 unspecified atom stereocenters. The normalized spacial score (nSPS) is 10.6. The molecule has 0 spiro atoms. The molecule has 11 heavy (non-hydrogen) atoms. The Kier molecular flexibility index (Phi) is 2.32. The first-order valence-electron chi connectivity index (χ1n) is 2.84. The van der Waals surface area contributed by atoms with Crippen LogP contribution < -0.4 is 0 Å². The predicted octanol–water partition coefficient (Wildman–Crippen LogP) is 0.796. The zero-order valence-corrected chi connectivity index (χ0v) is 6.38. The number of carboxylic acids is 1. The van der Waals surface area contributed by atoms with E-state index in [0.29, 0.717) is 10.9 Å². The lowest BCUT2D eigenvalue weighted by atomic mass is 10.4. The average Bonchev–Trinajstić information content (AvgIpc) is 2.31. The summed E-state index contributed by atoms with van der Waals surface area (Å²) >= 11 is 3.90. The lowest BCUT2D eigenvalue weighted by Gasteiger charge is -1.78. The summed E-state index contributed by atoms with van der Waals surface area (Å²) in [6.07, 6.45) is 3.98. The number of carboxylic acid groups (broad SMARTS) is 1. The predicted molar refractivity (Wildman–Crippen MR) is 42.5 cm³/mol. The number of aromatic nitrogens is 2. The number of aliphatic carboxylic acids is 1. The summed E-state index contributed by atoms with van der Waals surface area (Å²) in [6.45, 7) is 0. The van der Waals surface area contributed by atoms with Gasteiger partial charge in [-0.2, -0.15) is 0 Å². The van der Waals surface area contributed by atoms with E-state index < -0.39 is 5.97 Å². The highest BCUT2D eigenvalue weighted by Crippen LogP contribution is 2.01. The number of imidazole rings is 1. The van der Waals surface area contributed by atoms with Crippen molar-refractivity contribution < 1.29 is 9.90 Å². The van der Waals surface area contributed by atoms with E-state index in [0.717, 1.165) is 6.08 Å². The van der Waals surface area contributed by atoms with Crippen molar-refractivity contribution in [3.63, 3.8) is 0 Å². The van der Waals surface area contributed by atoms with Crippen LogP contribution in [0.2, 0.25) is 0 Å². The van der Waals surface area contributed by atoms with Crippen LogP contribution in [-0.2, 0) is 4.79 Å². The fraction of sp³-hybridized carbons (Fsp3) is 0. The number of aromatic amines is 1. The van der Waals surface area contributed by atoms with E-state index in [2.05, 4.69) is 22.6 Å². The van der Waals surface area contributed by atoms with Crippen molar-refractivity contribution in [3.8, 4) is 0 Å². The third-order valence-electron chi connectivity index (χ3n) is 0.981. The number of hydrogen-bond acceptors (Lipinski definition) is 3. The standard InChI is InChI=1S/C6H6N2O2S/c9-5(10)2-1-4-3-7-6(11)8-4/h1-3H,(H,9,10)(H2,7,8,11). The van der Waals surface area contributed by atoms with E-state index in [9.17, 15) is 4.79 Å². The van der Waals surface area contributed by atoms with Crippen molar-refractivity contribution >= 4 is 24.7 Å². The van der Waals surface area contributed by atoms with Gasteiger partial charge in [-0.15, -0.1) is 12.6 Å². The molecular weight excluding hydrogens is 164 g/mol. The first kappa shape index (κ1) is 7.87. The van der Waals surface area contributed by atoms with Gasteiger partial charge in [0.2, 0.25) is 0 Å². The van der Waals surface area contributed by atoms with E-state index in [4.69, 9.17) is 5.11 Å². The molecule has 4 nitrogen and oxygen atoms in total. The quantitative estimate of drug-likeness (QED) is 0.454. The van der Waals surface area contributed by atoms with Crippen LogP contribution >= 0.6 is 12.6 Å². The Morgan fingerprint density at radius 1 is 1.82 bits per heavy atom. The third-order valence-corrected chi connectivity index (χ3v) is 1.21. The Morgan fingerprint density at radius 2 is 2.55 bits per heavy atom. The fourth-order valence-corrected chi connectivity index (χ4v) is 0.747. The summed E-state index contributed by atoms with van der Waals surface area (Å²) in [5.41, 5.74) is 0.553. The van der Waals surface area contributed by atoms with Crippen LogP contribution in [0, 0.1) is 0 Å². The van der Waals surface area contributed by atoms with Crippen molar-refractivity contribution in [2.45, 2.75) is 5.16 Å². The fourth-order valence-electron chi connectivity index (χ4n) is 0.567. The third kappa shape index (κ3) is 2.46. The van der Waals surface area contributed by atoms with Gasteiger partial charge in [0, 0.05) is 12.3 Å². The monoisotopic (exact) mass is 170 g/mol. The Morgan fingerprint density at radius 3 is 3.00 bits per heavy atom. The topological polar surface area (TPSA) is 66.0 Å². The van der Waals surface area contributed by atoms with Gasteiger partial charge in [0.25, 0.3) is 0 Å². The summed E-state index contributed by atoms with van der Waals surface area (Å²) in [4.78, 5) is 16.6. The minimum atomic E-state index is -0.992. The Bertz CT molecular complexity index is 293. The largest absolute Gasteiger partial charge is 0.478 e. The van der Waals surface area contributed by atoms with Crippen molar-refractivity contribution in [3.05, 3.63) is 18.0 Å². The smallest absolute Gasteiger partial charge is 0.328 e. The number of thiol groups is 1. The summed E-state index contributed by atoms with van der Waals surface area (Å²) in [5, 5.41) is 8.71. The number of nitrogens with zero attached hydrogens (tertiary/aromatic N) is 1. The number of carbonyl (C=O) groups is 1. The highest BCUT2D eigenvalue weighted by molar-refractivity contribution is 7.80. The SMILES string of the molecule is O=C(O)C=Cc1c[nH]c(S)n1. The molecule has 0 saturated heterocycles. The second kappa shape index (κ2) is 3.25. The highest BCUT2D eigenvalue weighted by atomic mass is 32.1. The summed E-state index contributed by atoms with van der Waals surface area (Å²) < 4.78 is 0. The lowest BCUT2D eigenvalue weighted by molar-refractivity contribution is -0.131. The molecule has 0 amide bonds. The summed E-state index contributed by atoms with van der Waals surface area (Å²) in [7, 11) is 0. The van der Waals surface area contributed by atoms with Gasteiger partial charge in [-0.05, 0) is 6.08 Å². The molecule has 1 aromatic rings. The van der Waals surface area contributed by atoms with Gasteiger partial charge in [-0.25, -0.2) is 9.78 Å². The zero-order chi connectivity index (χ0) is 8.27. The van der Waals surface area contributed by atoms with E-state index in [1.165, 1.54) is 6.08 Å². The van der Waals surface area contributed by atoms with Crippen molar-refractivity contribution in [2.24, 2.45) is 0 Å². The van der Waals surface area contributed by atoms with Crippen molar-refractivity contribution in [1.29, 1.82) is 0 Å². The molecule has 5 heteroatoms. The first-order chi connectivity index (χ1) is 5.18. The Balaban J connectivity index is 2.71. The second-order valence-corrected chi connectivity index (χ2v) is 2.24. The maximum atomic E-state index is 10.0. The molecular formula is C6H6N2O2S. The average molecular weight is 170 g/mol. The molecule has 2 N–H and O–H groups in total. The van der Waals surface area contributed by atoms with Crippen LogP contribution in [0.1, 0.15) is 5.69 Å². The molecule has 1 aromatic heterocycles. The summed E-state index contributed by atoms with van der Waals surface area (Å²) in [5.74, 6) is -0.992. The number of nitrogens with one attached hydrogen (secondary N) is 1. The molecule has 0 aromatic carbocycles. The number of hydrogen-bond donors (Lipinski definition) is 3. The summed E-state index contributed by atoms with van der Waals surface area (Å²) in [6, 6.07) is 0. The molecule has 1 heterocycles. The molecule has 0 aliphatic rings. The lowest BCUT2D eigenvalue weighted by Crippen LogP contribution is -1.85. The molecule has 0 bridgehead atoms. The molecule has 1 rings (SSSR count). The first-order valence-corrected chi connectivity index (χ1v) is 3.28. The van der Waals surface area contributed by atoms with Crippen LogP contribution in [-0.4, -0.2) is 21.0 Å². The minimum Gasteiger partial charge on any atom is -0.478 e. The number of rotatable bonds is 2. The molecule has 0 fully saturated rings. The molecule has 0 saturated carbocycles. The van der Waals surface area contributed by atoms with Gasteiger partial charge in [0.1, 0.15) is 0 Å². The zero-order valence-electron chi connectivity index (χ0n) is 5.48. The Hall–Kier alpha value is -1.23. The number of H-pyrrole nitrogens is 1. The van der Waals surface area contributed by atoms with E-state index in [1.807, 2.05) is 0 Å². The van der Waals surface area contributed by atoms with Crippen LogP contribution in [0.3, 0.4) is 0 Å². The van der Waals surface area contributed by atoms with Crippen molar-refractivity contribution in [2.75, 3.05) is 0 Å². The minimum absolute atomic E-state index is 0.468. The van der Waals surface area contributed by atoms with Gasteiger partial charge in [-0.1, -0.05) is 0 Å². The molecule has 0 aliphatic heterocycles. The maximum absolute atomic E-state index is 10.0. The van der Waals surface area contributed by atoms with Crippen LogP contribution in [0.4, 0.5) is 0 Å². The molecule has 58 valence electrons. The van der Waals surface area contributed by atoms with E-state index >= 15 is 0 Å². The van der Waals surface area contributed by atoms with Gasteiger partial charge in [0.05, 0.1) is 5.69 Å². The van der Waals surface area contributed by atoms with Gasteiger partial charge >= 0.3 is 5.97 Å². The van der Waals surface area contributed by atoms with Gasteiger partial charge in [0.15, 0.2) is 5.16 Å². The van der Waals surface area contributed by atoms with Crippen molar-refractivity contribution in [1.82, 2.24) is 9.97 Å². The molecule has 0 atom stereocenters. The van der Waals surface area contributed by atoms with E-state index in [-0.39, 0.29) is 0 Å². The Labute approximate surface area is 68.4 Å². The molecule has 0 radical (unpaired) electrons. The van der Waals surface area contributed by atoms with Crippen LogP contribution in [0.25, 0.3) is 6.08 Å². The molecule has 0 aliphatic carbocycles.